The molecule has 1 aliphatic heterocycles. The van der Waals surface area contributed by atoms with Crippen LogP contribution in [0.1, 0.15) is 27.3 Å². The fraction of sp³-hybridized carbons (Fsp3) is 0.278. The van der Waals surface area contributed by atoms with E-state index in [1.54, 1.807) is 30.3 Å². The molecule has 0 spiro atoms. The molecule has 1 aromatic heterocycles. The first-order valence-electron chi connectivity index (χ1n) is 8.14. The molecule has 1 fully saturated rings. The predicted molar refractivity (Wildman–Crippen MR) is 96.4 cm³/mol. The van der Waals surface area contributed by atoms with Crippen molar-refractivity contribution in [2.75, 3.05) is 31.2 Å². The van der Waals surface area contributed by atoms with E-state index in [4.69, 9.17) is 5.73 Å². The number of benzene rings is 1. The highest BCUT2D eigenvalue weighted by Crippen LogP contribution is 2.17. The molecular weight excluding hydrogens is 318 g/mol. The molecule has 0 bridgehead atoms. The number of nitrogens with two attached hydrogens (primary N) is 1. The second-order valence-electron chi connectivity index (χ2n) is 6.19. The average Bonchev–Trinajstić information content (AvgIpc) is 3.02. The number of likely N-dealkylation sites (tertiary alicyclic amines) is 1. The molecule has 4 N–H and O–H groups in total. The lowest BCUT2D eigenvalue weighted by molar-refractivity contribution is 0.0936. The first kappa shape index (κ1) is 16.9. The minimum atomic E-state index is -0.373. The van der Waals surface area contributed by atoms with Gasteiger partial charge in [-0.15, -0.1) is 0 Å². The van der Waals surface area contributed by atoms with Gasteiger partial charge in [0.05, 0.1) is 16.9 Å². The van der Waals surface area contributed by atoms with Crippen LogP contribution in [0.4, 0.5) is 11.4 Å². The number of rotatable bonds is 4. The zero-order valence-electron chi connectivity index (χ0n) is 14.0. The van der Waals surface area contributed by atoms with E-state index in [2.05, 4.69) is 20.5 Å². The second kappa shape index (κ2) is 7.31. The van der Waals surface area contributed by atoms with Crippen molar-refractivity contribution >= 4 is 23.2 Å². The van der Waals surface area contributed by atoms with Crippen LogP contribution in [-0.4, -0.2) is 47.9 Å². The predicted octanol–water partition coefficient (Wildman–Crippen LogP) is 1.35. The first-order chi connectivity index (χ1) is 12.0. The number of para-hydroxylation sites is 2. The molecule has 1 atom stereocenters. The van der Waals surface area contributed by atoms with Gasteiger partial charge in [-0.3, -0.25) is 14.6 Å². The van der Waals surface area contributed by atoms with Crippen molar-refractivity contribution in [2.45, 2.75) is 12.5 Å². The van der Waals surface area contributed by atoms with Crippen LogP contribution in [0, 0.1) is 0 Å². The molecule has 130 valence electrons. The number of aromatic nitrogens is 1. The maximum atomic E-state index is 12.2. The molecule has 7 heteroatoms. The van der Waals surface area contributed by atoms with Crippen molar-refractivity contribution in [3.05, 3.63) is 53.9 Å². The van der Waals surface area contributed by atoms with E-state index in [9.17, 15) is 9.59 Å². The van der Waals surface area contributed by atoms with E-state index >= 15 is 0 Å². The molecule has 1 aromatic carbocycles. The standard InChI is InChI=1S/C18H21N5O2/c1-23-9-8-13(11-23)21-17(24)12-6-7-16(20-10-12)18(25)22-15-5-3-2-4-14(15)19/h2-7,10,13H,8-9,11,19H2,1H3,(H,21,24)(H,22,25). The zero-order valence-corrected chi connectivity index (χ0v) is 14.0. The summed E-state index contributed by atoms with van der Waals surface area (Å²) in [6, 6.07) is 10.3. The molecule has 7 nitrogen and oxygen atoms in total. The first-order valence-corrected chi connectivity index (χ1v) is 8.14. The summed E-state index contributed by atoms with van der Waals surface area (Å²) in [5.74, 6) is -0.547. The summed E-state index contributed by atoms with van der Waals surface area (Å²) < 4.78 is 0. The fourth-order valence-electron chi connectivity index (χ4n) is 2.78. The van der Waals surface area contributed by atoms with E-state index < -0.39 is 0 Å². The molecule has 25 heavy (non-hydrogen) atoms. The van der Waals surface area contributed by atoms with Crippen molar-refractivity contribution in [3.63, 3.8) is 0 Å². The van der Waals surface area contributed by atoms with Crippen LogP contribution >= 0.6 is 0 Å². The zero-order chi connectivity index (χ0) is 17.8. The van der Waals surface area contributed by atoms with E-state index in [1.807, 2.05) is 7.05 Å². The summed E-state index contributed by atoms with van der Waals surface area (Å²) in [4.78, 5) is 30.7. The number of nitrogen functional groups attached to an aromatic ring is 1. The molecule has 2 heterocycles. The van der Waals surface area contributed by atoms with Gasteiger partial charge in [0.15, 0.2) is 0 Å². The Hall–Kier alpha value is -2.93. The van der Waals surface area contributed by atoms with E-state index in [1.165, 1.54) is 12.3 Å². The molecule has 0 saturated carbocycles. The van der Waals surface area contributed by atoms with Crippen molar-refractivity contribution < 1.29 is 9.59 Å². The summed E-state index contributed by atoms with van der Waals surface area (Å²) >= 11 is 0. The third-order valence-corrected chi connectivity index (χ3v) is 4.19. The highest BCUT2D eigenvalue weighted by molar-refractivity contribution is 6.04. The van der Waals surface area contributed by atoms with Crippen LogP contribution in [0.15, 0.2) is 42.6 Å². The fourth-order valence-corrected chi connectivity index (χ4v) is 2.78. The largest absolute Gasteiger partial charge is 0.397 e. The van der Waals surface area contributed by atoms with Gasteiger partial charge in [-0.25, -0.2) is 0 Å². The maximum absolute atomic E-state index is 12.2. The molecule has 2 aromatic rings. The van der Waals surface area contributed by atoms with Gasteiger partial charge in [-0.1, -0.05) is 12.1 Å². The Bertz CT molecular complexity index is 775. The number of anilines is 2. The van der Waals surface area contributed by atoms with Crippen molar-refractivity contribution in [1.29, 1.82) is 0 Å². The van der Waals surface area contributed by atoms with Gasteiger partial charge in [0.1, 0.15) is 5.69 Å². The molecule has 3 rings (SSSR count). The summed E-state index contributed by atoms with van der Waals surface area (Å²) in [7, 11) is 2.03. The Labute approximate surface area is 146 Å². The molecule has 2 amide bonds. The Morgan fingerprint density at radius 1 is 1.20 bits per heavy atom. The summed E-state index contributed by atoms with van der Waals surface area (Å²) in [6.45, 7) is 1.82. The van der Waals surface area contributed by atoms with Gasteiger partial charge in [0.25, 0.3) is 11.8 Å². The Morgan fingerprint density at radius 3 is 2.64 bits per heavy atom. The number of amides is 2. The summed E-state index contributed by atoms with van der Waals surface area (Å²) in [5.41, 5.74) is 7.47. The number of carbonyl (C=O) groups is 2. The summed E-state index contributed by atoms with van der Waals surface area (Å²) in [5, 5.41) is 5.69. The SMILES string of the molecule is CN1CCC(NC(=O)c2ccc(C(=O)Nc3ccccc3N)nc2)C1. The number of likely N-dealkylation sites (N-methyl/N-ethyl adjacent to an activating group) is 1. The number of pyridine rings is 1. The average molecular weight is 339 g/mol. The number of hydrogen-bond acceptors (Lipinski definition) is 5. The lowest BCUT2D eigenvalue weighted by Gasteiger charge is -2.13. The van der Waals surface area contributed by atoms with Gasteiger partial charge in [0, 0.05) is 18.8 Å². The Morgan fingerprint density at radius 2 is 2.00 bits per heavy atom. The third-order valence-electron chi connectivity index (χ3n) is 4.19. The van der Waals surface area contributed by atoms with E-state index in [-0.39, 0.29) is 23.6 Å². The van der Waals surface area contributed by atoms with Crippen LogP contribution in [0.25, 0.3) is 0 Å². The number of nitrogens with zero attached hydrogens (tertiary/aromatic N) is 2. The highest BCUT2D eigenvalue weighted by Gasteiger charge is 2.21. The van der Waals surface area contributed by atoms with Crippen LogP contribution in [0.3, 0.4) is 0 Å². The lowest BCUT2D eigenvalue weighted by Crippen LogP contribution is -2.36. The van der Waals surface area contributed by atoms with Gasteiger partial charge < -0.3 is 21.3 Å². The topological polar surface area (TPSA) is 100 Å². The van der Waals surface area contributed by atoms with Crippen molar-refractivity contribution in [3.8, 4) is 0 Å². The molecule has 1 aliphatic rings. The molecule has 0 radical (unpaired) electrons. The summed E-state index contributed by atoms with van der Waals surface area (Å²) in [6.07, 6.45) is 2.35. The van der Waals surface area contributed by atoms with Crippen molar-refractivity contribution in [1.82, 2.24) is 15.2 Å². The highest BCUT2D eigenvalue weighted by atomic mass is 16.2. The van der Waals surface area contributed by atoms with Crippen LogP contribution in [0.5, 0.6) is 0 Å². The quantitative estimate of drug-likeness (QED) is 0.730. The number of hydrogen-bond donors (Lipinski definition) is 3. The Kier molecular flexibility index (Phi) is 4.95. The number of carbonyl (C=O) groups excluding carboxylic acids is 2. The Balaban J connectivity index is 1.62. The molecule has 0 aliphatic carbocycles. The van der Waals surface area contributed by atoms with Crippen molar-refractivity contribution in [2.24, 2.45) is 0 Å². The van der Waals surface area contributed by atoms with Crippen LogP contribution in [-0.2, 0) is 0 Å². The van der Waals surface area contributed by atoms with Gasteiger partial charge >= 0.3 is 0 Å². The van der Waals surface area contributed by atoms with Gasteiger partial charge in [-0.05, 0) is 44.3 Å². The normalized spacial score (nSPS) is 17.2. The van der Waals surface area contributed by atoms with Gasteiger partial charge in [0.2, 0.25) is 0 Å². The second-order valence-corrected chi connectivity index (χ2v) is 6.19. The smallest absolute Gasteiger partial charge is 0.274 e. The number of nitrogens with one attached hydrogen (secondary N) is 2. The minimum Gasteiger partial charge on any atom is -0.397 e. The van der Waals surface area contributed by atoms with Gasteiger partial charge in [-0.2, -0.15) is 0 Å². The maximum Gasteiger partial charge on any atom is 0.274 e. The minimum absolute atomic E-state index is 0.154. The molecule has 1 saturated heterocycles. The molecule has 1 unspecified atom stereocenters. The van der Waals surface area contributed by atoms with Crippen LogP contribution < -0.4 is 16.4 Å². The van der Waals surface area contributed by atoms with Crippen LogP contribution in [0.2, 0.25) is 0 Å². The lowest BCUT2D eigenvalue weighted by atomic mass is 10.2. The third kappa shape index (κ3) is 4.13. The monoisotopic (exact) mass is 339 g/mol. The molecular formula is C18H21N5O2. The van der Waals surface area contributed by atoms with E-state index in [0.29, 0.717) is 16.9 Å². The van der Waals surface area contributed by atoms with E-state index in [0.717, 1.165) is 19.5 Å².